The van der Waals surface area contributed by atoms with Crippen LogP contribution in [0.4, 0.5) is 13.2 Å². The molecule has 2 aromatic carbocycles. The van der Waals surface area contributed by atoms with Crippen molar-refractivity contribution in [3.05, 3.63) is 46.5 Å². The molecule has 4 nitrogen and oxygen atoms in total. The van der Waals surface area contributed by atoms with Crippen LogP contribution in [0.2, 0.25) is 5.02 Å². The maximum Gasteiger partial charge on any atom is 0.416 e. The van der Waals surface area contributed by atoms with Crippen LogP contribution in [0, 0.1) is 11.3 Å². The van der Waals surface area contributed by atoms with Crippen LogP contribution in [0.5, 0.6) is 5.75 Å². The predicted octanol–water partition coefficient (Wildman–Crippen LogP) is 5.05. The minimum Gasteiger partial charge on any atom is -0.494 e. The molecule has 0 N–H and O–H groups in total. The van der Waals surface area contributed by atoms with Crippen LogP contribution >= 0.6 is 11.6 Å². The SMILES string of the molecule is COc1cc(C#N)c(Cl)c2oc(-c3ccc(C(F)(F)F)cc3)nc12. The van der Waals surface area contributed by atoms with Gasteiger partial charge in [0.15, 0.2) is 11.1 Å². The van der Waals surface area contributed by atoms with Gasteiger partial charge in [0.05, 0.1) is 18.2 Å². The third-order valence-electron chi connectivity index (χ3n) is 3.37. The fraction of sp³-hybridized carbons (Fsp3) is 0.125. The van der Waals surface area contributed by atoms with Crippen LogP contribution in [-0.2, 0) is 6.18 Å². The summed E-state index contributed by atoms with van der Waals surface area (Å²) in [7, 11) is 1.40. The highest BCUT2D eigenvalue weighted by molar-refractivity contribution is 6.36. The van der Waals surface area contributed by atoms with Gasteiger partial charge >= 0.3 is 6.18 Å². The summed E-state index contributed by atoms with van der Waals surface area (Å²) in [5.41, 5.74) is 0.149. The largest absolute Gasteiger partial charge is 0.494 e. The zero-order chi connectivity index (χ0) is 17.5. The second-order valence-electron chi connectivity index (χ2n) is 4.82. The van der Waals surface area contributed by atoms with Crippen molar-refractivity contribution in [2.75, 3.05) is 7.11 Å². The van der Waals surface area contributed by atoms with Gasteiger partial charge in [-0.05, 0) is 24.3 Å². The lowest BCUT2D eigenvalue weighted by Gasteiger charge is -2.05. The van der Waals surface area contributed by atoms with Gasteiger partial charge in [-0.1, -0.05) is 11.6 Å². The highest BCUT2D eigenvalue weighted by Gasteiger charge is 2.30. The molecule has 0 aliphatic carbocycles. The lowest BCUT2D eigenvalue weighted by molar-refractivity contribution is -0.137. The average molecular weight is 353 g/mol. The number of rotatable bonds is 2. The maximum absolute atomic E-state index is 12.6. The topological polar surface area (TPSA) is 59.0 Å². The maximum atomic E-state index is 12.6. The van der Waals surface area contributed by atoms with Crippen LogP contribution in [-0.4, -0.2) is 12.1 Å². The Hall–Kier alpha value is -2.72. The molecule has 122 valence electrons. The van der Waals surface area contributed by atoms with Gasteiger partial charge in [-0.3, -0.25) is 0 Å². The van der Waals surface area contributed by atoms with E-state index in [0.717, 1.165) is 12.1 Å². The number of halogens is 4. The normalized spacial score (nSPS) is 11.5. The summed E-state index contributed by atoms with van der Waals surface area (Å²) in [5.74, 6) is 0.363. The lowest BCUT2D eigenvalue weighted by atomic mass is 10.1. The summed E-state index contributed by atoms with van der Waals surface area (Å²) in [6.07, 6.45) is -4.42. The molecule has 0 saturated carbocycles. The van der Waals surface area contributed by atoms with Gasteiger partial charge in [-0.2, -0.15) is 18.4 Å². The quantitative estimate of drug-likeness (QED) is 0.647. The zero-order valence-electron chi connectivity index (χ0n) is 12.1. The van der Waals surface area contributed by atoms with Gasteiger partial charge < -0.3 is 9.15 Å². The molecule has 0 amide bonds. The van der Waals surface area contributed by atoms with E-state index in [9.17, 15) is 13.2 Å². The Morgan fingerprint density at radius 1 is 1.25 bits per heavy atom. The number of benzene rings is 2. The first-order chi connectivity index (χ1) is 11.3. The number of fused-ring (bicyclic) bond motifs is 1. The van der Waals surface area contributed by atoms with Gasteiger partial charge in [-0.25, -0.2) is 4.98 Å². The Bertz CT molecular complexity index is 957. The number of hydrogen-bond donors (Lipinski definition) is 0. The Balaban J connectivity index is 2.15. The van der Waals surface area contributed by atoms with E-state index in [2.05, 4.69) is 4.98 Å². The standard InChI is InChI=1S/C16H8ClF3N2O2/c1-23-11-6-9(7-21)12(17)14-13(11)22-15(24-14)8-2-4-10(5-3-8)16(18,19)20/h2-6H,1H3. The minimum atomic E-state index is -4.42. The number of aromatic nitrogens is 1. The number of ether oxygens (including phenoxy) is 1. The smallest absolute Gasteiger partial charge is 0.416 e. The molecule has 0 aliphatic heterocycles. The van der Waals surface area contributed by atoms with Crippen LogP contribution < -0.4 is 4.74 Å². The molecule has 0 fully saturated rings. The fourth-order valence-corrected chi connectivity index (χ4v) is 2.41. The summed E-state index contributed by atoms with van der Waals surface area (Å²) in [6.45, 7) is 0. The number of hydrogen-bond acceptors (Lipinski definition) is 4. The first kappa shape index (κ1) is 16.1. The van der Waals surface area contributed by atoms with E-state index in [1.807, 2.05) is 6.07 Å². The van der Waals surface area contributed by atoms with Gasteiger partial charge in [0.1, 0.15) is 16.8 Å². The zero-order valence-corrected chi connectivity index (χ0v) is 12.9. The minimum absolute atomic E-state index is 0.0685. The molecule has 0 spiro atoms. The monoisotopic (exact) mass is 352 g/mol. The Morgan fingerprint density at radius 2 is 1.92 bits per heavy atom. The van der Waals surface area contributed by atoms with E-state index < -0.39 is 11.7 Å². The molecule has 3 aromatic rings. The molecule has 0 aliphatic rings. The van der Waals surface area contributed by atoms with E-state index in [1.54, 1.807) is 0 Å². The fourth-order valence-electron chi connectivity index (χ4n) is 2.18. The van der Waals surface area contributed by atoms with Gasteiger partial charge in [0.2, 0.25) is 5.89 Å². The summed E-state index contributed by atoms with van der Waals surface area (Å²) in [6, 6.07) is 7.70. The van der Waals surface area contributed by atoms with Crippen molar-refractivity contribution in [3.8, 4) is 23.3 Å². The van der Waals surface area contributed by atoms with Crippen LogP contribution in [0.1, 0.15) is 11.1 Å². The van der Waals surface area contributed by atoms with E-state index in [4.69, 9.17) is 26.0 Å². The first-order valence-corrected chi connectivity index (χ1v) is 6.97. The number of nitriles is 1. The van der Waals surface area contributed by atoms with Crippen molar-refractivity contribution in [2.24, 2.45) is 0 Å². The van der Waals surface area contributed by atoms with E-state index in [-0.39, 0.29) is 33.3 Å². The Labute approximate surface area is 139 Å². The highest BCUT2D eigenvalue weighted by atomic mass is 35.5. The molecule has 0 unspecified atom stereocenters. The van der Waals surface area contributed by atoms with Crippen LogP contribution in [0.15, 0.2) is 34.7 Å². The van der Waals surface area contributed by atoms with Gasteiger partial charge in [-0.15, -0.1) is 0 Å². The molecule has 24 heavy (non-hydrogen) atoms. The van der Waals surface area contributed by atoms with Crippen molar-refractivity contribution in [3.63, 3.8) is 0 Å². The van der Waals surface area contributed by atoms with Crippen molar-refractivity contribution in [1.82, 2.24) is 4.98 Å². The second kappa shape index (κ2) is 5.73. The summed E-state index contributed by atoms with van der Waals surface area (Å²) < 4.78 is 48.6. The molecule has 0 saturated heterocycles. The van der Waals surface area contributed by atoms with Gasteiger partial charge in [0.25, 0.3) is 0 Å². The van der Waals surface area contributed by atoms with Crippen molar-refractivity contribution in [2.45, 2.75) is 6.18 Å². The van der Waals surface area contributed by atoms with Crippen molar-refractivity contribution < 1.29 is 22.3 Å². The summed E-state index contributed by atoms with van der Waals surface area (Å²) in [4.78, 5) is 4.22. The molecule has 8 heteroatoms. The average Bonchev–Trinajstić information content (AvgIpc) is 3.00. The lowest BCUT2D eigenvalue weighted by Crippen LogP contribution is -2.03. The Kier molecular flexibility index (Phi) is 3.85. The molecule has 0 radical (unpaired) electrons. The summed E-state index contributed by atoms with van der Waals surface area (Å²) in [5, 5.41) is 9.14. The second-order valence-corrected chi connectivity index (χ2v) is 5.20. The van der Waals surface area contributed by atoms with Gasteiger partial charge in [0, 0.05) is 11.6 Å². The molecule has 0 bridgehead atoms. The van der Waals surface area contributed by atoms with E-state index in [1.165, 1.54) is 25.3 Å². The third kappa shape index (κ3) is 2.65. The molecule has 1 aromatic heterocycles. The number of nitrogens with zero attached hydrogens (tertiary/aromatic N) is 2. The van der Waals surface area contributed by atoms with E-state index >= 15 is 0 Å². The number of oxazole rings is 1. The predicted molar refractivity (Wildman–Crippen MR) is 80.7 cm³/mol. The Morgan fingerprint density at radius 3 is 2.46 bits per heavy atom. The van der Waals surface area contributed by atoms with E-state index in [0.29, 0.717) is 5.56 Å². The van der Waals surface area contributed by atoms with Crippen molar-refractivity contribution in [1.29, 1.82) is 5.26 Å². The molecule has 3 rings (SSSR count). The van der Waals surface area contributed by atoms with Crippen LogP contribution in [0.25, 0.3) is 22.6 Å². The first-order valence-electron chi connectivity index (χ1n) is 6.60. The molecule has 0 atom stereocenters. The molecular weight excluding hydrogens is 345 g/mol. The molecule has 1 heterocycles. The number of alkyl halides is 3. The van der Waals surface area contributed by atoms with Crippen LogP contribution in [0.3, 0.4) is 0 Å². The number of methoxy groups -OCH3 is 1. The summed E-state index contributed by atoms with van der Waals surface area (Å²) >= 11 is 6.10. The highest BCUT2D eigenvalue weighted by Crippen LogP contribution is 2.37. The molecular formula is C16H8ClF3N2O2. The van der Waals surface area contributed by atoms with Crippen molar-refractivity contribution >= 4 is 22.7 Å². The third-order valence-corrected chi connectivity index (χ3v) is 3.75.